The maximum absolute atomic E-state index is 13.2. The Morgan fingerprint density at radius 3 is 2.73 bits per heavy atom. The van der Waals surface area contributed by atoms with E-state index < -0.39 is 0 Å². The minimum Gasteiger partial charge on any atom is -0.384 e. The van der Waals surface area contributed by atoms with Crippen molar-refractivity contribution in [3.63, 3.8) is 0 Å². The maximum Gasteiger partial charge on any atom is 0.231 e. The van der Waals surface area contributed by atoms with Crippen molar-refractivity contribution in [2.24, 2.45) is 5.41 Å². The Morgan fingerprint density at radius 1 is 1.36 bits per heavy atom. The predicted octanol–water partition coefficient (Wildman–Crippen LogP) is 2.56. The number of amides is 1. The van der Waals surface area contributed by atoms with E-state index in [0.717, 1.165) is 51.2 Å². The summed E-state index contributed by atoms with van der Waals surface area (Å²) < 4.78 is 5.42. The van der Waals surface area contributed by atoms with Crippen LogP contribution in [0.5, 0.6) is 0 Å². The van der Waals surface area contributed by atoms with Crippen molar-refractivity contribution in [2.45, 2.75) is 44.3 Å². The van der Waals surface area contributed by atoms with Gasteiger partial charge in [0.2, 0.25) is 5.91 Å². The lowest BCUT2D eigenvalue weighted by atomic mass is 9.78. The predicted molar refractivity (Wildman–Crippen MR) is 96.0 cm³/mol. The lowest BCUT2D eigenvalue weighted by Crippen LogP contribution is -2.52. The van der Waals surface area contributed by atoms with Crippen LogP contribution < -0.4 is 5.32 Å². The van der Waals surface area contributed by atoms with Crippen molar-refractivity contribution in [2.75, 3.05) is 45.6 Å². The Balaban J connectivity index is 0.00000242. The van der Waals surface area contributed by atoms with E-state index in [-0.39, 0.29) is 17.8 Å². The number of likely N-dealkylation sites (tertiary alicyclic amines) is 1. The molecular weight excluding hydrogens is 320 g/mol. The standard InChI is InChI=1S/C16H30N2O2S.ClH/c1-3-21-14-6-4-5-11-18(12-14)15(19)16(13-20-2)7-9-17-10-8-16;/h14,17H,3-13H2,1-2H3;1H. The third-order valence-electron chi connectivity index (χ3n) is 4.75. The molecule has 0 aliphatic carbocycles. The van der Waals surface area contributed by atoms with E-state index in [9.17, 15) is 4.79 Å². The first-order chi connectivity index (χ1) is 10.2. The molecule has 2 aliphatic rings. The first kappa shape index (κ1) is 20.1. The molecule has 0 radical (unpaired) electrons. The Kier molecular flexibility index (Phi) is 9.14. The van der Waals surface area contributed by atoms with Gasteiger partial charge in [-0.2, -0.15) is 11.8 Å². The quantitative estimate of drug-likeness (QED) is 0.827. The zero-order valence-electron chi connectivity index (χ0n) is 13.9. The van der Waals surface area contributed by atoms with E-state index in [0.29, 0.717) is 17.8 Å². The summed E-state index contributed by atoms with van der Waals surface area (Å²) in [5.41, 5.74) is -0.286. The van der Waals surface area contributed by atoms with E-state index in [1.54, 1.807) is 7.11 Å². The summed E-state index contributed by atoms with van der Waals surface area (Å²) in [6.07, 6.45) is 5.46. The molecule has 0 saturated carbocycles. The topological polar surface area (TPSA) is 41.6 Å². The van der Waals surface area contributed by atoms with Crippen LogP contribution in [0.4, 0.5) is 0 Å². The fourth-order valence-electron chi connectivity index (χ4n) is 3.60. The molecule has 0 aromatic rings. The number of rotatable bonds is 5. The van der Waals surface area contributed by atoms with Crippen molar-refractivity contribution < 1.29 is 9.53 Å². The number of carbonyl (C=O) groups excluding carboxylic acids is 1. The second-order valence-corrected chi connectivity index (χ2v) is 7.86. The smallest absolute Gasteiger partial charge is 0.231 e. The number of methoxy groups -OCH3 is 1. The zero-order valence-corrected chi connectivity index (χ0v) is 15.6. The van der Waals surface area contributed by atoms with Crippen LogP contribution in [-0.2, 0) is 9.53 Å². The number of thioether (sulfide) groups is 1. The van der Waals surface area contributed by atoms with Gasteiger partial charge in [-0.3, -0.25) is 4.79 Å². The van der Waals surface area contributed by atoms with Crippen LogP contribution in [0.25, 0.3) is 0 Å². The molecule has 0 aromatic heterocycles. The maximum atomic E-state index is 13.2. The van der Waals surface area contributed by atoms with E-state index in [4.69, 9.17) is 4.74 Å². The van der Waals surface area contributed by atoms with Crippen LogP contribution in [0.15, 0.2) is 0 Å². The van der Waals surface area contributed by atoms with Gasteiger partial charge >= 0.3 is 0 Å². The molecule has 2 heterocycles. The number of piperidine rings is 1. The highest BCUT2D eigenvalue weighted by atomic mass is 35.5. The fraction of sp³-hybridized carbons (Fsp3) is 0.938. The summed E-state index contributed by atoms with van der Waals surface area (Å²) in [5, 5.41) is 3.98. The highest BCUT2D eigenvalue weighted by Crippen LogP contribution is 2.33. The van der Waals surface area contributed by atoms with E-state index in [1.165, 1.54) is 12.8 Å². The van der Waals surface area contributed by atoms with Gasteiger partial charge in [-0.25, -0.2) is 0 Å². The molecule has 2 rings (SSSR count). The molecule has 0 spiro atoms. The third kappa shape index (κ3) is 5.02. The van der Waals surface area contributed by atoms with Gasteiger partial charge in [0.25, 0.3) is 0 Å². The molecule has 1 unspecified atom stereocenters. The second-order valence-electron chi connectivity index (χ2n) is 6.29. The largest absolute Gasteiger partial charge is 0.384 e. The lowest BCUT2D eigenvalue weighted by molar-refractivity contribution is -0.147. The van der Waals surface area contributed by atoms with Crippen LogP contribution in [0.3, 0.4) is 0 Å². The average Bonchev–Trinajstić information content (AvgIpc) is 2.74. The molecule has 1 atom stereocenters. The van der Waals surface area contributed by atoms with Gasteiger partial charge in [0.1, 0.15) is 0 Å². The minimum atomic E-state index is -0.286. The summed E-state index contributed by atoms with van der Waals surface area (Å²) >= 11 is 2.01. The number of carbonyl (C=O) groups is 1. The molecule has 22 heavy (non-hydrogen) atoms. The van der Waals surface area contributed by atoms with E-state index in [1.807, 2.05) is 11.8 Å². The Hall–Kier alpha value is 0.0300. The molecule has 1 amide bonds. The van der Waals surface area contributed by atoms with Crippen LogP contribution >= 0.6 is 24.2 Å². The molecule has 0 bridgehead atoms. The summed E-state index contributed by atoms with van der Waals surface area (Å²) in [5.74, 6) is 1.48. The SMILES string of the molecule is CCSC1CCCCN(C(=O)C2(COC)CCNCC2)C1.Cl. The lowest BCUT2D eigenvalue weighted by Gasteiger charge is -2.40. The van der Waals surface area contributed by atoms with E-state index in [2.05, 4.69) is 17.1 Å². The molecule has 0 aromatic carbocycles. The van der Waals surface area contributed by atoms with Crippen molar-refractivity contribution in [1.29, 1.82) is 0 Å². The van der Waals surface area contributed by atoms with Crippen molar-refractivity contribution in [3.8, 4) is 0 Å². The summed E-state index contributed by atoms with van der Waals surface area (Å²) in [6.45, 7) is 6.48. The summed E-state index contributed by atoms with van der Waals surface area (Å²) in [4.78, 5) is 15.3. The molecular formula is C16H31ClN2O2S. The third-order valence-corrected chi connectivity index (χ3v) is 5.94. The van der Waals surface area contributed by atoms with Crippen LogP contribution in [-0.4, -0.2) is 61.7 Å². The molecule has 2 fully saturated rings. The molecule has 6 heteroatoms. The van der Waals surface area contributed by atoms with Crippen molar-refractivity contribution >= 4 is 30.1 Å². The normalized spacial score (nSPS) is 25.2. The van der Waals surface area contributed by atoms with Crippen LogP contribution in [0.1, 0.15) is 39.0 Å². The van der Waals surface area contributed by atoms with Gasteiger partial charge in [-0.15, -0.1) is 12.4 Å². The molecule has 130 valence electrons. The van der Waals surface area contributed by atoms with Gasteiger partial charge in [0.05, 0.1) is 12.0 Å². The fourth-order valence-corrected chi connectivity index (χ4v) is 4.69. The molecule has 2 saturated heterocycles. The van der Waals surface area contributed by atoms with Gasteiger partial charge < -0.3 is 15.0 Å². The number of nitrogens with zero attached hydrogens (tertiary/aromatic N) is 1. The summed E-state index contributed by atoms with van der Waals surface area (Å²) in [7, 11) is 1.72. The highest BCUT2D eigenvalue weighted by molar-refractivity contribution is 7.99. The van der Waals surface area contributed by atoms with Crippen molar-refractivity contribution in [1.82, 2.24) is 10.2 Å². The Bertz CT molecular complexity index is 333. The van der Waals surface area contributed by atoms with Gasteiger partial charge in [0.15, 0.2) is 0 Å². The van der Waals surface area contributed by atoms with Crippen molar-refractivity contribution in [3.05, 3.63) is 0 Å². The van der Waals surface area contributed by atoms with Crippen LogP contribution in [0.2, 0.25) is 0 Å². The molecule has 4 nitrogen and oxygen atoms in total. The van der Waals surface area contributed by atoms with Gasteiger partial charge in [-0.1, -0.05) is 13.3 Å². The number of ether oxygens (including phenoxy) is 1. The average molecular weight is 351 g/mol. The number of hydrogen-bond donors (Lipinski definition) is 1. The Morgan fingerprint density at radius 2 is 2.09 bits per heavy atom. The van der Waals surface area contributed by atoms with Gasteiger partial charge in [-0.05, 0) is 44.5 Å². The second kappa shape index (κ2) is 10.0. The van der Waals surface area contributed by atoms with Gasteiger partial charge in [0, 0.05) is 25.4 Å². The van der Waals surface area contributed by atoms with E-state index >= 15 is 0 Å². The minimum absolute atomic E-state index is 0. The Labute approximate surface area is 145 Å². The summed E-state index contributed by atoms with van der Waals surface area (Å²) in [6, 6.07) is 0. The number of hydrogen-bond acceptors (Lipinski definition) is 4. The first-order valence-electron chi connectivity index (χ1n) is 8.32. The molecule has 2 aliphatic heterocycles. The zero-order chi connectivity index (χ0) is 15.1. The number of nitrogens with one attached hydrogen (secondary N) is 1. The van der Waals surface area contributed by atoms with Crippen LogP contribution in [0, 0.1) is 5.41 Å². The first-order valence-corrected chi connectivity index (χ1v) is 9.37. The monoisotopic (exact) mass is 350 g/mol. The highest BCUT2D eigenvalue weighted by Gasteiger charge is 2.42. The number of halogens is 1. The molecule has 1 N–H and O–H groups in total.